The summed E-state index contributed by atoms with van der Waals surface area (Å²) in [6, 6.07) is 13.4. The highest BCUT2D eigenvalue weighted by Crippen LogP contribution is 2.39. The number of sulfonamides is 1. The molecule has 1 fully saturated rings. The topological polar surface area (TPSA) is 183 Å². The summed E-state index contributed by atoms with van der Waals surface area (Å²) >= 11 is 0. The van der Waals surface area contributed by atoms with E-state index in [0.29, 0.717) is 11.4 Å². The van der Waals surface area contributed by atoms with Crippen LogP contribution >= 0.6 is 0 Å². The van der Waals surface area contributed by atoms with Crippen molar-refractivity contribution in [3.63, 3.8) is 0 Å². The molecule has 1 saturated heterocycles. The Labute approximate surface area is 222 Å². The third kappa shape index (κ3) is 6.22. The van der Waals surface area contributed by atoms with Gasteiger partial charge in [-0.1, -0.05) is 0 Å². The number of morpholine rings is 1. The molecule has 39 heavy (non-hydrogen) atoms. The zero-order valence-electron chi connectivity index (χ0n) is 20.5. The number of nitro groups is 2. The van der Waals surface area contributed by atoms with Crippen LogP contribution in [-0.4, -0.2) is 57.6 Å². The summed E-state index contributed by atoms with van der Waals surface area (Å²) in [6.45, 7) is 0.932. The molecule has 14 nitrogen and oxygen atoms in total. The molecule has 4 rings (SSSR count). The molecular formula is C24H23N5O9S. The van der Waals surface area contributed by atoms with E-state index in [9.17, 15) is 33.4 Å². The molecule has 2 N–H and O–H groups in total. The lowest BCUT2D eigenvalue weighted by Crippen LogP contribution is -2.37. The minimum atomic E-state index is -3.94. The van der Waals surface area contributed by atoms with E-state index in [1.807, 2.05) is 0 Å². The van der Waals surface area contributed by atoms with Crippen LogP contribution in [0.3, 0.4) is 0 Å². The van der Waals surface area contributed by atoms with Gasteiger partial charge in [0.1, 0.15) is 5.75 Å². The maximum atomic E-state index is 12.9. The van der Waals surface area contributed by atoms with Crippen LogP contribution < -0.4 is 19.7 Å². The first-order chi connectivity index (χ1) is 18.6. The highest BCUT2D eigenvalue weighted by molar-refractivity contribution is 7.92. The lowest BCUT2D eigenvalue weighted by Gasteiger charge is -2.28. The molecule has 0 spiro atoms. The van der Waals surface area contributed by atoms with E-state index in [4.69, 9.17) is 9.47 Å². The Kier molecular flexibility index (Phi) is 7.92. The molecule has 204 valence electrons. The number of amides is 1. The molecule has 1 amide bonds. The summed E-state index contributed by atoms with van der Waals surface area (Å²) in [5, 5.41) is 26.1. The van der Waals surface area contributed by atoms with Crippen molar-refractivity contribution in [1.82, 2.24) is 0 Å². The highest BCUT2D eigenvalue weighted by Gasteiger charge is 2.33. The van der Waals surface area contributed by atoms with Crippen LogP contribution in [0.1, 0.15) is 10.4 Å². The molecule has 0 aromatic heterocycles. The second-order valence-corrected chi connectivity index (χ2v) is 9.97. The van der Waals surface area contributed by atoms with Gasteiger partial charge < -0.3 is 19.7 Å². The molecule has 3 aromatic carbocycles. The molecular weight excluding hydrogens is 534 g/mol. The largest absolute Gasteiger partial charge is 0.497 e. The van der Waals surface area contributed by atoms with Crippen molar-refractivity contribution in [3.8, 4) is 5.75 Å². The molecule has 0 unspecified atom stereocenters. The minimum Gasteiger partial charge on any atom is -0.497 e. The van der Waals surface area contributed by atoms with Crippen LogP contribution in [0, 0.1) is 20.2 Å². The van der Waals surface area contributed by atoms with E-state index in [-0.39, 0.29) is 48.1 Å². The Morgan fingerprint density at radius 3 is 1.97 bits per heavy atom. The number of hydrogen-bond acceptors (Lipinski definition) is 10. The number of anilines is 3. The van der Waals surface area contributed by atoms with Crippen LogP contribution in [0.15, 0.2) is 65.6 Å². The quantitative estimate of drug-likeness (QED) is 0.292. The van der Waals surface area contributed by atoms with Gasteiger partial charge in [0.2, 0.25) is 0 Å². The molecule has 0 atom stereocenters. The first-order valence-corrected chi connectivity index (χ1v) is 12.9. The Morgan fingerprint density at radius 1 is 0.923 bits per heavy atom. The summed E-state index contributed by atoms with van der Waals surface area (Å²) in [7, 11) is -2.45. The molecule has 3 aromatic rings. The summed E-state index contributed by atoms with van der Waals surface area (Å²) in [5.41, 5.74) is -1.17. The average Bonchev–Trinajstić information content (AvgIpc) is 2.93. The van der Waals surface area contributed by atoms with Crippen molar-refractivity contribution in [2.75, 3.05) is 48.4 Å². The Bertz CT molecular complexity index is 1470. The number of ether oxygens (including phenoxy) is 2. The van der Waals surface area contributed by atoms with Crippen molar-refractivity contribution in [2.24, 2.45) is 0 Å². The number of nitro benzene ring substituents is 2. The zero-order valence-corrected chi connectivity index (χ0v) is 21.3. The van der Waals surface area contributed by atoms with E-state index < -0.39 is 37.2 Å². The fraction of sp³-hybridized carbons (Fsp3) is 0.208. The molecule has 1 aliphatic rings. The van der Waals surface area contributed by atoms with Gasteiger partial charge in [-0.25, -0.2) is 8.42 Å². The second kappa shape index (κ2) is 11.3. The Morgan fingerprint density at radius 2 is 1.46 bits per heavy atom. The maximum absolute atomic E-state index is 12.9. The van der Waals surface area contributed by atoms with Crippen molar-refractivity contribution in [1.29, 1.82) is 0 Å². The van der Waals surface area contributed by atoms with Gasteiger partial charge in [-0.3, -0.25) is 29.7 Å². The smallest absolute Gasteiger partial charge is 0.300 e. The maximum Gasteiger partial charge on any atom is 0.300 e. The molecule has 0 radical (unpaired) electrons. The second-order valence-electron chi connectivity index (χ2n) is 8.29. The summed E-state index contributed by atoms with van der Waals surface area (Å²) in [4.78, 5) is 36.3. The van der Waals surface area contributed by atoms with Gasteiger partial charge >= 0.3 is 0 Å². The van der Waals surface area contributed by atoms with Gasteiger partial charge in [0, 0.05) is 36.6 Å². The van der Waals surface area contributed by atoms with Crippen LogP contribution in [0.5, 0.6) is 5.75 Å². The van der Waals surface area contributed by atoms with E-state index in [0.717, 1.165) is 12.1 Å². The number of methoxy groups -OCH3 is 1. The van der Waals surface area contributed by atoms with Crippen molar-refractivity contribution >= 4 is 44.4 Å². The van der Waals surface area contributed by atoms with Crippen molar-refractivity contribution < 1.29 is 32.5 Å². The third-order valence-electron chi connectivity index (χ3n) is 5.82. The van der Waals surface area contributed by atoms with E-state index in [1.165, 1.54) is 48.4 Å². The van der Waals surface area contributed by atoms with Gasteiger partial charge in [0.15, 0.2) is 5.69 Å². The number of benzene rings is 3. The standard InChI is InChI=1S/C24H23N5O9S/c1-37-19-6-2-18(3-7-19)26-39(35,36)20-8-4-17(5-9-20)25-24(30)16-14-21(28(31)32)23(22(15-16)29(33)34)27-10-12-38-13-11-27/h2-9,14-15,26H,10-13H2,1H3,(H,25,30). The molecule has 0 aliphatic carbocycles. The van der Waals surface area contributed by atoms with Crippen molar-refractivity contribution in [2.45, 2.75) is 4.90 Å². The zero-order chi connectivity index (χ0) is 28.2. The summed E-state index contributed by atoms with van der Waals surface area (Å²) in [6.07, 6.45) is 0. The SMILES string of the molecule is COc1ccc(NS(=O)(=O)c2ccc(NC(=O)c3cc([N+](=O)[O-])c(N4CCOCC4)c([N+](=O)[O-])c3)cc2)cc1. The summed E-state index contributed by atoms with van der Waals surface area (Å²) in [5.74, 6) is -0.286. The number of rotatable bonds is 9. The van der Waals surface area contributed by atoms with Crippen LogP contribution in [-0.2, 0) is 14.8 Å². The normalized spacial score (nSPS) is 13.4. The fourth-order valence-electron chi connectivity index (χ4n) is 3.92. The van der Waals surface area contributed by atoms with Gasteiger partial charge in [0.05, 0.1) is 40.6 Å². The van der Waals surface area contributed by atoms with E-state index in [1.54, 1.807) is 12.1 Å². The first-order valence-electron chi connectivity index (χ1n) is 11.5. The number of nitrogens with one attached hydrogen (secondary N) is 2. The van der Waals surface area contributed by atoms with Crippen LogP contribution in [0.4, 0.5) is 28.4 Å². The lowest BCUT2D eigenvalue weighted by atomic mass is 10.1. The highest BCUT2D eigenvalue weighted by atomic mass is 32.2. The van der Waals surface area contributed by atoms with Crippen LogP contribution in [0.25, 0.3) is 0 Å². The van der Waals surface area contributed by atoms with Gasteiger partial charge in [0.25, 0.3) is 27.3 Å². The first kappa shape index (κ1) is 27.3. The third-order valence-corrected chi connectivity index (χ3v) is 7.21. The number of nitrogens with zero attached hydrogens (tertiary/aromatic N) is 3. The predicted molar refractivity (Wildman–Crippen MR) is 141 cm³/mol. The predicted octanol–water partition coefficient (Wildman–Crippen LogP) is 3.40. The Balaban J connectivity index is 1.55. The van der Waals surface area contributed by atoms with Gasteiger partial charge in [-0.05, 0) is 48.5 Å². The van der Waals surface area contributed by atoms with E-state index in [2.05, 4.69) is 10.0 Å². The van der Waals surface area contributed by atoms with E-state index >= 15 is 0 Å². The lowest BCUT2D eigenvalue weighted by molar-refractivity contribution is -0.392. The molecule has 1 aliphatic heterocycles. The molecule has 0 saturated carbocycles. The van der Waals surface area contributed by atoms with Crippen molar-refractivity contribution in [3.05, 3.63) is 86.5 Å². The Hall–Kier alpha value is -4.76. The number of carbonyl (C=O) groups is 1. The van der Waals surface area contributed by atoms with Gasteiger partial charge in [-0.2, -0.15) is 0 Å². The van der Waals surface area contributed by atoms with Gasteiger partial charge in [-0.15, -0.1) is 0 Å². The fourth-order valence-corrected chi connectivity index (χ4v) is 4.98. The molecule has 1 heterocycles. The average molecular weight is 558 g/mol. The molecule has 15 heteroatoms. The minimum absolute atomic E-state index is 0.0857. The molecule has 0 bridgehead atoms. The van der Waals surface area contributed by atoms with Crippen LogP contribution in [0.2, 0.25) is 0 Å². The number of carbonyl (C=O) groups excluding carboxylic acids is 1. The number of hydrogen-bond donors (Lipinski definition) is 2. The monoisotopic (exact) mass is 557 g/mol. The summed E-state index contributed by atoms with van der Waals surface area (Å²) < 4.78 is 38.1.